The minimum absolute atomic E-state index is 0.0325. The van der Waals surface area contributed by atoms with Gasteiger partial charge in [-0.2, -0.15) is 0 Å². The van der Waals surface area contributed by atoms with E-state index in [1.165, 1.54) is 36.0 Å². The van der Waals surface area contributed by atoms with Gasteiger partial charge in [-0.05, 0) is 29.2 Å². The molecule has 1 aliphatic heterocycles. The zero-order valence-electron chi connectivity index (χ0n) is 18.5. The smallest absolute Gasteiger partial charge is 0.491 e. The van der Waals surface area contributed by atoms with E-state index in [9.17, 15) is 27.9 Å². The second-order valence-corrected chi connectivity index (χ2v) is 10.6. The Bertz CT molecular complexity index is 1040. The number of carbonyl (C=O) groups excluding carboxylic acids is 1. The SMILES string of the molecule is CC(C)(C)C(NC(=O)C1=C(OCc2ccc(OC(F)(F)F)cc2)C2SC(Cl)=CC2C=C1)C(=O)O. The van der Waals surface area contributed by atoms with Crippen LogP contribution in [0, 0.1) is 11.3 Å². The molecule has 2 N–H and O–H groups in total. The number of hydrogen-bond acceptors (Lipinski definition) is 5. The van der Waals surface area contributed by atoms with Gasteiger partial charge in [0.15, 0.2) is 0 Å². The van der Waals surface area contributed by atoms with Crippen LogP contribution in [0.4, 0.5) is 13.2 Å². The van der Waals surface area contributed by atoms with E-state index in [4.69, 9.17) is 16.3 Å². The molecule has 2 aliphatic rings. The number of amides is 1. The number of alkyl halides is 3. The number of aliphatic carboxylic acids is 1. The number of nitrogens with one attached hydrogen (secondary N) is 1. The van der Waals surface area contributed by atoms with E-state index < -0.39 is 29.7 Å². The summed E-state index contributed by atoms with van der Waals surface area (Å²) in [6, 6.07) is 4.04. The molecule has 3 unspecified atom stereocenters. The fourth-order valence-electron chi connectivity index (χ4n) is 3.46. The predicted octanol–water partition coefficient (Wildman–Crippen LogP) is 5.35. The Balaban J connectivity index is 1.83. The zero-order valence-corrected chi connectivity index (χ0v) is 20.1. The first-order chi connectivity index (χ1) is 15.7. The van der Waals surface area contributed by atoms with E-state index in [-0.39, 0.29) is 29.1 Å². The Morgan fingerprint density at radius 2 is 1.85 bits per heavy atom. The fourth-order valence-corrected chi connectivity index (χ4v) is 5.00. The summed E-state index contributed by atoms with van der Waals surface area (Å²) >= 11 is 7.49. The van der Waals surface area contributed by atoms with E-state index >= 15 is 0 Å². The number of thioether (sulfide) groups is 1. The Hall–Kier alpha value is -2.59. The summed E-state index contributed by atoms with van der Waals surface area (Å²) in [6.45, 7) is 5.07. The average Bonchev–Trinajstić information content (AvgIpc) is 3.09. The molecule has 1 amide bonds. The molecule has 6 nitrogen and oxygen atoms in total. The van der Waals surface area contributed by atoms with Gasteiger partial charge in [0.25, 0.3) is 5.91 Å². The number of carboxylic acids is 1. The number of halogens is 4. The number of ether oxygens (including phenoxy) is 2. The topological polar surface area (TPSA) is 84.9 Å². The maximum absolute atomic E-state index is 13.1. The van der Waals surface area contributed by atoms with Gasteiger partial charge in [0, 0.05) is 5.92 Å². The molecule has 0 saturated carbocycles. The molecule has 184 valence electrons. The van der Waals surface area contributed by atoms with Crippen LogP contribution in [-0.4, -0.2) is 34.6 Å². The maximum atomic E-state index is 13.1. The monoisotopic (exact) mass is 517 g/mol. The highest BCUT2D eigenvalue weighted by atomic mass is 35.5. The number of benzene rings is 1. The van der Waals surface area contributed by atoms with Crippen molar-refractivity contribution in [2.45, 2.75) is 45.0 Å². The van der Waals surface area contributed by atoms with Crippen molar-refractivity contribution in [3.05, 3.63) is 63.8 Å². The Morgan fingerprint density at radius 3 is 2.41 bits per heavy atom. The molecule has 0 saturated heterocycles. The molecule has 0 radical (unpaired) electrons. The highest BCUT2D eigenvalue weighted by molar-refractivity contribution is 8.05. The molecule has 0 bridgehead atoms. The Labute approximate surface area is 203 Å². The number of hydrogen-bond donors (Lipinski definition) is 2. The molecule has 1 aliphatic carbocycles. The van der Waals surface area contributed by atoms with Gasteiger partial charge in [-0.3, -0.25) is 4.79 Å². The molecule has 11 heteroatoms. The van der Waals surface area contributed by atoms with E-state index in [2.05, 4.69) is 10.1 Å². The van der Waals surface area contributed by atoms with E-state index in [1.807, 2.05) is 6.08 Å². The number of rotatable bonds is 7. The van der Waals surface area contributed by atoms with Crippen LogP contribution in [0.15, 0.2) is 58.2 Å². The number of allylic oxidation sites excluding steroid dienone is 2. The number of carboxylic acid groups (broad SMARTS) is 1. The zero-order chi connectivity index (χ0) is 25.3. The molecule has 34 heavy (non-hydrogen) atoms. The van der Waals surface area contributed by atoms with Crippen LogP contribution in [0.5, 0.6) is 5.75 Å². The van der Waals surface area contributed by atoms with Crippen molar-refractivity contribution in [3.63, 3.8) is 0 Å². The van der Waals surface area contributed by atoms with Crippen LogP contribution in [0.1, 0.15) is 26.3 Å². The molecule has 0 spiro atoms. The molecular weight excluding hydrogens is 495 g/mol. The summed E-state index contributed by atoms with van der Waals surface area (Å²) < 4.78 is 47.5. The van der Waals surface area contributed by atoms with Crippen molar-refractivity contribution in [2.24, 2.45) is 11.3 Å². The van der Waals surface area contributed by atoms with Gasteiger partial charge < -0.3 is 19.9 Å². The van der Waals surface area contributed by atoms with Gasteiger partial charge in [-0.15, -0.1) is 24.9 Å². The van der Waals surface area contributed by atoms with Crippen molar-refractivity contribution in [1.82, 2.24) is 5.32 Å². The lowest BCUT2D eigenvalue weighted by Gasteiger charge is -2.30. The van der Waals surface area contributed by atoms with Crippen LogP contribution >= 0.6 is 23.4 Å². The molecule has 1 aromatic rings. The standard InChI is InChI=1S/C23H23ClF3NO5S/c1-22(2,3)19(21(30)31)28-20(29)15-9-6-13-10-16(24)34-18(13)17(15)32-11-12-4-7-14(8-5-12)33-23(25,26)27/h4-10,13,18-19H,11H2,1-3H3,(H,28,29)(H,30,31). The molecule has 0 aromatic heterocycles. The number of carbonyl (C=O) groups is 2. The summed E-state index contributed by atoms with van der Waals surface area (Å²) in [5.41, 5.74) is -0.0221. The van der Waals surface area contributed by atoms with E-state index in [0.717, 1.165) is 0 Å². The quantitative estimate of drug-likeness (QED) is 0.507. The highest BCUT2D eigenvalue weighted by Crippen LogP contribution is 2.46. The Kier molecular flexibility index (Phi) is 7.62. The molecule has 3 atom stereocenters. The van der Waals surface area contributed by atoms with Crippen LogP contribution < -0.4 is 10.1 Å². The third-order valence-corrected chi connectivity index (χ3v) is 6.64. The summed E-state index contributed by atoms with van der Waals surface area (Å²) in [5, 5.41) is 11.8. The van der Waals surface area contributed by atoms with Crippen LogP contribution in [0.2, 0.25) is 0 Å². The minimum atomic E-state index is -4.79. The summed E-state index contributed by atoms with van der Waals surface area (Å²) in [4.78, 5) is 24.8. The first-order valence-electron chi connectivity index (χ1n) is 10.2. The molecule has 1 heterocycles. The lowest BCUT2D eigenvalue weighted by molar-refractivity contribution is -0.274. The maximum Gasteiger partial charge on any atom is 0.573 e. The van der Waals surface area contributed by atoms with Crippen molar-refractivity contribution in [2.75, 3.05) is 0 Å². The van der Waals surface area contributed by atoms with Gasteiger partial charge in [0.05, 0.1) is 15.2 Å². The fraction of sp³-hybridized carbons (Fsp3) is 0.391. The molecular formula is C23H23ClF3NO5S. The third-order valence-electron chi connectivity index (χ3n) is 5.11. The van der Waals surface area contributed by atoms with Crippen LogP contribution in [-0.2, 0) is 20.9 Å². The third kappa shape index (κ3) is 6.50. The largest absolute Gasteiger partial charge is 0.573 e. The summed E-state index contributed by atoms with van der Waals surface area (Å²) in [7, 11) is 0. The first-order valence-corrected chi connectivity index (χ1v) is 11.5. The Morgan fingerprint density at radius 1 is 1.21 bits per heavy atom. The lowest BCUT2D eigenvalue weighted by Crippen LogP contribution is -2.49. The van der Waals surface area contributed by atoms with Gasteiger partial charge in [0.2, 0.25) is 0 Å². The van der Waals surface area contributed by atoms with Crippen molar-refractivity contribution >= 4 is 35.2 Å². The molecule has 3 rings (SSSR count). The summed E-state index contributed by atoms with van der Waals surface area (Å²) in [5.74, 6) is -1.94. The normalized spacial score (nSPS) is 21.0. The second kappa shape index (κ2) is 9.95. The van der Waals surface area contributed by atoms with Crippen LogP contribution in [0.3, 0.4) is 0 Å². The summed E-state index contributed by atoms with van der Waals surface area (Å²) in [6.07, 6.45) is 0.399. The van der Waals surface area contributed by atoms with Crippen molar-refractivity contribution in [3.8, 4) is 5.75 Å². The molecule has 0 fully saturated rings. The van der Waals surface area contributed by atoms with E-state index in [1.54, 1.807) is 32.9 Å². The van der Waals surface area contributed by atoms with Crippen LogP contribution in [0.25, 0.3) is 0 Å². The van der Waals surface area contributed by atoms with E-state index in [0.29, 0.717) is 15.7 Å². The van der Waals surface area contributed by atoms with Crippen molar-refractivity contribution < 1.29 is 37.3 Å². The predicted molar refractivity (Wildman–Crippen MR) is 122 cm³/mol. The van der Waals surface area contributed by atoms with Gasteiger partial charge in [-0.1, -0.05) is 56.7 Å². The van der Waals surface area contributed by atoms with Gasteiger partial charge in [0.1, 0.15) is 24.2 Å². The average molecular weight is 518 g/mol. The first kappa shape index (κ1) is 26.0. The minimum Gasteiger partial charge on any atom is -0.491 e. The number of fused-ring (bicyclic) bond motifs is 1. The van der Waals surface area contributed by atoms with Crippen molar-refractivity contribution in [1.29, 1.82) is 0 Å². The van der Waals surface area contributed by atoms with Gasteiger partial charge >= 0.3 is 12.3 Å². The van der Waals surface area contributed by atoms with Gasteiger partial charge in [-0.25, -0.2) is 4.79 Å². The second-order valence-electron chi connectivity index (χ2n) is 8.81. The molecule has 1 aromatic carbocycles. The lowest BCUT2D eigenvalue weighted by atomic mass is 9.86. The highest BCUT2D eigenvalue weighted by Gasteiger charge is 2.39.